The summed E-state index contributed by atoms with van der Waals surface area (Å²) in [5.41, 5.74) is 0. The van der Waals surface area contributed by atoms with Gasteiger partial charge in [-0.3, -0.25) is 0 Å². The molecule has 2 heterocycles. The highest BCUT2D eigenvalue weighted by atomic mass is 35.5. The Morgan fingerprint density at radius 1 is 1.62 bits per heavy atom. The van der Waals surface area contributed by atoms with Crippen molar-refractivity contribution in [2.24, 2.45) is 0 Å². The van der Waals surface area contributed by atoms with Crippen LogP contribution in [0.1, 0.15) is 5.89 Å². The molecular weight excluding hydrogens is 213 g/mol. The number of rotatable bonds is 2. The molecule has 0 N–H and O–H groups in total. The van der Waals surface area contributed by atoms with Gasteiger partial charge in [-0.2, -0.15) is 0 Å². The normalized spacial score (nSPS) is 10.6. The fourth-order valence-corrected chi connectivity index (χ4v) is 1.78. The summed E-state index contributed by atoms with van der Waals surface area (Å²) in [5, 5.41) is 1.66. The molecule has 0 aliphatic carbocycles. The molecule has 0 aliphatic rings. The smallest absolute Gasteiger partial charge is 0.209 e. The van der Waals surface area contributed by atoms with Gasteiger partial charge in [0.05, 0.1) is 12.1 Å². The molecule has 2 aromatic rings. The first-order valence-corrected chi connectivity index (χ1v) is 4.96. The number of alkyl halides is 1. The minimum absolute atomic E-state index is 0.201. The van der Waals surface area contributed by atoms with Crippen LogP contribution < -0.4 is 0 Å². The van der Waals surface area contributed by atoms with E-state index in [0.29, 0.717) is 16.5 Å². The summed E-state index contributed by atoms with van der Waals surface area (Å²) in [6.45, 7) is 0. The second-order valence-corrected chi connectivity index (χ2v) is 3.53. The average molecular weight is 218 g/mol. The average Bonchev–Trinajstić information content (AvgIpc) is 2.71. The van der Waals surface area contributed by atoms with Crippen LogP contribution in [0, 0.1) is 5.82 Å². The van der Waals surface area contributed by atoms with E-state index in [1.54, 1.807) is 5.38 Å². The third-order valence-corrected chi connectivity index (χ3v) is 2.64. The van der Waals surface area contributed by atoms with Gasteiger partial charge in [-0.1, -0.05) is 0 Å². The van der Waals surface area contributed by atoms with Gasteiger partial charge in [0.25, 0.3) is 0 Å². The van der Waals surface area contributed by atoms with Crippen LogP contribution in [0.3, 0.4) is 0 Å². The molecule has 0 spiro atoms. The molecule has 5 heteroatoms. The van der Waals surface area contributed by atoms with E-state index in [0.717, 1.165) is 0 Å². The van der Waals surface area contributed by atoms with E-state index < -0.39 is 0 Å². The lowest BCUT2D eigenvalue weighted by atomic mass is 10.4. The molecule has 0 fully saturated rings. The zero-order valence-electron chi connectivity index (χ0n) is 6.46. The summed E-state index contributed by atoms with van der Waals surface area (Å²) in [7, 11) is 0. The van der Waals surface area contributed by atoms with Crippen molar-refractivity contribution in [2.45, 2.75) is 5.88 Å². The molecule has 0 radical (unpaired) electrons. The Morgan fingerprint density at radius 3 is 3.00 bits per heavy atom. The molecule has 0 atom stereocenters. The van der Waals surface area contributed by atoms with Gasteiger partial charge in [0, 0.05) is 0 Å². The van der Waals surface area contributed by atoms with Gasteiger partial charge in [0.1, 0.15) is 10.7 Å². The number of oxazole rings is 1. The van der Waals surface area contributed by atoms with E-state index in [2.05, 4.69) is 4.98 Å². The molecule has 2 rings (SSSR count). The maximum absolute atomic E-state index is 13.0. The first-order valence-electron chi connectivity index (χ1n) is 3.55. The lowest BCUT2D eigenvalue weighted by Gasteiger charge is -1.88. The topological polar surface area (TPSA) is 26.0 Å². The summed E-state index contributed by atoms with van der Waals surface area (Å²) in [6, 6.07) is 1.39. The fraction of sp³-hybridized carbons (Fsp3) is 0.125. The van der Waals surface area contributed by atoms with E-state index in [-0.39, 0.29) is 11.7 Å². The van der Waals surface area contributed by atoms with Crippen LogP contribution in [0.4, 0.5) is 4.39 Å². The molecule has 2 nitrogen and oxygen atoms in total. The number of hydrogen-bond acceptors (Lipinski definition) is 3. The third-order valence-electron chi connectivity index (χ3n) is 1.51. The van der Waals surface area contributed by atoms with Gasteiger partial charge in [0.15, 0.2) is 5.76 Å². The largest absolute Gasteiger partial charge is 0.438 e. The molecule has 0 saturated carbocycles. The summed E-state index contributed by atoms with van der Waals surface area (Å²) >= 11 is 6.77. The van der Waals surface area contributed by atoms with Crippen molar-refractivity contribution in [1.29, 1.82) is 0 Å². The molecular formula is C8H5ClFNOS. The van der Waals surface area contributed by atoms with Crippen LogP contribution in [0.25, 0.3) is 10.6 Å². The highest BCUT2D eigenvalue weighted by Gasteiger charge is 2.11. The number of thiophene rings is 1. The molecule has 0 unspecified atom stereocenters. The van der Waals surface area contributed by atoms with Crippen LogP contribution in [-0.2, 0) is 5.88 Å². The minimum Gasteiger partial charge on any atom is -0.438 e. The van der Waals surface area contributed by atoms with Crippen molar-refractivity contribution in [3.63, 3.8) is 0 Å². The lowest BCUT2D eigenvalue weighted by Crippen LogP contribution is -1.72. The van der Waals surface area contributed by atoms with Gasteiger partial charge < -0.3 is 4.42 Å². The maximum Gasteiger partial charge on any atom is 0.209 e. The van der Waals surface area contributed by atoms with Crippen LogP contribution in [0.15, 0.2) is 22.1 Å². The molecule has 0 bridgehead atoms. The predicted molar refractivity (Wildman–Crippen MR) is 49.3 cm³/mol. The van der Waals surface area contributed by atoms with Crippen LogP contribution in [0.2, 0.25) is 0 Å². The second kappa shape index (κ2) is 3.47. The van der Waals surface area contributed by atoms with Gasteiger partial charge >= 0.3 is 0 Å². The van der Waals surface area contributed by atoms with E-state index in [1.165, 1.54) is 23.6 Å². The SMILES string of the molecule is Fc1ccsc1-c1cnc(CCl)o1. The van der Waals surface area contributed by atoms with Gasteiger partial charge in [-0.25, -0.2) is 9.37 Å². The minimum atomic E-state index is -0.290. The van der Waals surface area contributed by atoms with Gasteiger partial charge in [-0.15, -0.1) is 22.9 Å². The van der Waals surface area contributed by atoms with Crippen LogP contribution in [-0.4, -0.2) is 4.98 Å². The Bertz CT molecular complexity index is 412. The van der Waals surface area contributed by atoms with Crippen molar-refractivity contribution in [3.05, 3.63) is 29.4 Å². The van der Waals surface area contributed by atoms with E-state index in [4.69, 9.17) is 16.0 Å². The van der Waals surface area contributed by atoms with Gasteiger partial charge in [0.2, 0.25) is 5.89 Å². The molecule has 0 saturated heterocycles. The first kappa shape index (κ1) is 8.72. The summed E-state index contributed by atoms with van der Waals surface area (Å²) in [4.78, 5) is 4.34. The molecule has 0 aromatic carbocycles. The number of halogens is 2. The van der Waals surface area contributed by atoms with Crippen molar-refractivity contribution < 1.29 is 8.81 Å². The highest BCUT2D eigenvalue weighted by molar-refractivity contribution is 7.13. The van der Waals surface area contributed by atoms with E-state index in [1.807, 2.05) is 0 Å². The first-order chi connectivity index (χ1) is 6.31. The summed E-state index contributed by atoms with van der Waals surface area (Å²) in [6.07, 6.45) is 1.48. The molecule has 0 amide bonds. The molecule has 2 aromatic heterocycles. The van der Waals surface area contributed by atoms with Gasteiger partial charge in [-0.05, 0) is 11.4 Å². The van der Waals surface area contributed by atoms with Crippen molar-refractivity contribution in [1.82, 2.24) is 4.98 Å². The Labute approximate surface area is 83.0 Å². The molecule has 13 heavy (non-hydrogen) atoms. The molecule has 0 aliphatic heterocycles. The monoisotopic (exact) mass is 217 g/mol. The number of nitrogens with zero attached hydrogens (tertiary/aromatic N) is 1. The predicted octanol–water partition coefficient (Wildman–Crippen LogP) is 3.28. The van der Waals surface area contributed by atoms with Crippen LogP contribution in [0.5, 0.6) is 0 Å². The second-order valence-electron chi connectivity index (χ2n) is 2.35. The Kier molecular flexibility index (Phi) is 2.33. The third kappa shape index (κ3) is 1.59. The Balaban J connectivity index is 2.41. The zero-order chi connectivity index (χ0) is 9.26. The van der Waals surface area contributed by atoms with Crippen molar-refractivity contribution in [2.75, 3.05) is 0 Å². The highest BCUT2D eigenvalue weighted by Crippen LogP contribution is 2.28. The summed E-state index contributed by atoms with van der Waals surface area (Å²) in [5.74, 6) is 0.752. The summed E-state index contributed by atoms with van der Waals surface area (Å²) < 4.78 is 18.2. The molecule has 68 valence electrons. The number of hydrogen-bond donors (Lipinski definition) is 0. The van der Waals surface area contributed by atoms with E-state index >= 15 is 0 Å². The quantitative estimate of drug-likeness (QED) is 0.722. The number of aromatic nitrogens is 1. The van der Waals surface area contributed by atoms with Crippen molar-refractivity contribution >= 4 is 22.9 Å². The lowest BCUT2D eigenvalue weighted by molar-refractivity contribution is 0.525. The Morgan fingerprint density at radius 2 is 2.46 bits per heavy atom. The Hall–Kier alpha value is -0.870. The standard InChI is InChI=1S/C8H5ClFNOS/c9-3-7-11-4-6(12-7)8-5(10)1-2-13-8/h1-2,4H,3H2. The zero-order valence-corrected chi connectivity index (χ0v) is 8.03. The van der Waals surface area contributed by atoms with Crippen molar-refractivity contribution in [3.8, 4) is 10.6 Å². The fourth-order valence-electron chi connectivity index (χ4n) is 0.947. The maximum atomic E-state index is 13.0. The van der Waals surface area contributed by atoms with E-state index in [9.17, 15) is 4.39 Å². The van der Waals surface area contributed by atoms with Crippen LogP contribution >= 0.6 is 22.9 Å².